The zero-order valence-corrected chi connectivity index (χ0v) is 10.5. The number of amidine groups is 1. The zero-order chi connectivity index (χ0) is 12.1. The number of para-hydroxylation sites is 1. The van der Waals surface area contributed by atoms with E-state index in [1.165, 1.54) is 0 Å². The third kappa shape index (κ3) is 2.79. The predicted octanol–water partition coefficient (Wildman–Crippen LogP) is 2.33. The summed E-state index contributed by atoms with van der Waals surface area (Å²) in [6.07, 6.45) is 0. The van der Waals surface area contributed by atoms with E-state index in [0.29, 0.717) is 6.54 Å². The molecule has 5 heteroatoms. The number of carbonyl (C=O) groups is 1. The van der Waals surface area contributed by atoms with E-state index in [0.717, 1.165) is 23.2 Å². The molecule has 0 aliphatic carbocycles. The van der Waals surface area contributed by atoms with E-state index in [-0.39, 0.29) is 6.03 Å². The SMILES string of the molecule is CCNC(=O)N(C1=NCCS1)c1ccccc1. The summed E-state index contributed by atoms with van der Waals surface area (Å²) in [6.45, 7) is 3.30. The Balaban J connectivity index is 2.27. The first-order valence-corrected chi connectivity index (χ1v) is 6.61. The van der Waals surface area contributed by atoms with Crippen LogP contribution in [-0.2, 0) is 0 Å². The van der Waals surface area contributed by atoms with Gasteiger partial charge in [0.05, 0.1) is 12.2 Å². The minimum Gasteiger partial charge on any atom is -0.338 e. The Morgan fingerprint density at radius 1 is 1.47 bits per heavy atom. The molecule has 1 aromatic rings. The van der Waals surface area contributed by atoms with Crippen LogP contribution in [0.25, 0.3) is 0 Å². The number of hydrogen-bond acceptors (Lipinski definition) is 3. The van der Waals surface area contributed by atoms with Crippen molar-refractivity contribution in [3.63, 3.8) is 0 Å². The summed E-state index contributed by atoms with van der Waals surface area (Å²) in [5.74, 6) is 0.943. The van der Waals surface area contributed by atoms with Crippen molar-refractivity contribution in [2.75, 3.05) is 23.7 Å². The molecule has 0 atom stereocenters. The number of anilines is 1. The van der Waals surface area contributed by atoms with Gasteiger partial charge in [-0.3, -0.25) is 4.99 Å². The fourth-order valence-corrected chi connectivity index (χ4v) is 2.45. The molecule has 0 unspecified atom stereocenters. The molecule has 1 aromatic carbocycles. The summed E-state index contributed by atoms with van der Waals surface area (Å²) in [4.78, 5) is 18.1. The van der Waals surface area contributed by atoms with E-state index in [1.807, 2.05) is 37.3 Å². The van der Waals surface area contributed by atoms with Gasteiger partial charge < -0.3 is 5.32 Å². The maximum Gasteiger partial charge on any atom is 0.328 e. The summed E-state index contributed by atoms with van der Waals surface area (Å²) in [5, 5.41) is 3.59. The number of benzene rings is 1. The van der Waals surface area contributed by atoms with E-state index in [9.17, 15) is 4.79 Å². The minimum atomic E-state index is -0.119. The molecule has 90 valence electrons. The molecule has 0 bridgehead atoms. The lowest BCUT2D eigenvalue weighted by molar-refractivity contribution is 0.249. The van der Waals surface area contributed by atoms with Crippen LogP contribution in [0.4, 0.5) is 10.5 Å². The second-order valence-electron chi connectivity index (χ2n) is 3.52. The fraction of sp³-hybridized carbons (Fsp3) is 0.333. The smallest absolute Gasteiger partial charge is 0.328 e. The van der Waals surface area contributed by atoms with Gasteiger partial charge in [0.2, 0.25) is 0 Å². The van der Waals surface area contributed by atoms with Crippen molar-refractivity contribution in [3.05, 3.63) is 30.3 Å². The Morgan fingerprint density at radius 2 is 2.24 bits per heavy atom. The van der Waals surface area contributed by atoms with Crippen LogP contribution in [-0.4, -0.2) is 30.0 Å². The lowest BCUT2D eigenvalue weighted by Crippen LogP contribution is -2.42. The summed E-state index contributed by atoms with van der Waals surface area (Å²) in [5.41, 5.74) is 0.853. The fourth-order valence-electron chi connectivity index (χ4n) is 1.58. The van der Waals surface area contributed by atoms with Crippen molar-refractivity contribution in [2.45, 2.75) is 6.92 Å². The van der Waals surface area contributed by atoms with E-state index in [2.05, 4.69) is 10.3 Å². The van der Waals surface area contributed by atoms with Crippen molar-refractivity contribution in [3.8, 4) is 0 Å². The van der Waals surface area contributed by atoms with Crippen LogP contribution < -0.4 is 10.2 Å². The molecule has 1 aliphatic heterocycles. The molecule has 17 heavy (non-hydrogen) atoms. The molecule has 0 saturated carbocycles. The molecule has 0 radical (unpaired) electrons. The molecule has 2 amide bonds. The second kappa shape index (κ2) is 5.72. The summed E-state index contributed by atoms with van der Waals surface area (Å²) >= 11 is 1.61. The second-order valence-corrected chi connectivity index (χ2v) is 4.58. The standard InChI is InChI=1S/C12H15N3OS/c1-2-13-11(16)15(12-14-8-9-17-12)10-6-4-3-5-7-10/h3-7H,2,8-9H2,1H3,(H,13,16). The first-order chi connectivity index (χ1) is 8.33. The van der Waals surface area contributed by atoms with Gasteiger partial charge in [-0.2, -0.15) is 0 Å². The number of urea groups is 1. The highest BCUT2D eigenvalue weighted by molar-refractivity contribution is 8.14. The Kier molecular flexibility index (Phi) is 4.03. The largest absolute Gasteiger partial charge is 0.338 e. The average molecular weight is 249 g/mol. The first-order valence-electron chi connectivity index (χ1n) is 5.63. The number of nitrogens with zero attached hydrogens (tertiary/aromatic N) is 2. The topological polar surface area (TPSA) is 44.7 Å². The lowest BCUT2D eigenvalue weighted by atomic mass is 10.3. The Morgan fingerprint density at radius 3 is 2.82 bits per heavy atom. The molecule has 0 saturated heterocycles. The minimum absolute atomic E-state index is 0.119. The molecule has 1 heterocycles. The monoisotopic (exact) mass is 249 g/mol. The number of carbonyl (C=O) groups excluding carboxylic acids is 1. The molecule has 2 rings (SSSR count). The van der Waals surface area contributed by atoms with Gasteiger partial charge in [-0.15, -0.1) is 0 Å². The average Bonchev–Trinajstić information content (AvgIpc) is 2.85. The van der Waals surface area contributed by atoms with Gasteiger partial charge in [-0.1, -0.05) is 30.0 Å². The van der Waals surface area contributed by atoms with Crippen LogP contribution in [0.5, 0.6) is 0 Å². The van der Waals surface area contributed by atoms with Gasteiger partial charge in [0.1, 0.15) is 0 Å². The molecule has 0 aromatic heterocycles. The highest BCUT2D eigenvalue weighted by Gasteiger charge is 2.23. The molecule has 0 fully saturated rings. The van der Waals surface area contributed by atoms with Gasteiger partial charge in [0.25, 0.3) is 0 Å². The van der Waals surface area contributed by atoms with Crippen molar-refractivity contribution in [1.29, 1.82) is 0 Å². The van der Waals surface area contributed by atoms with Crippen LogP contribution in [0.2, 0.25) is 0 Å². The van der Waals surface area contributed by atoms with Crippen molar-refractivity contribution < 1.29 is 4.79 Å². The van der Waals surface area contributed by atoms with Crippen LogP contribution in [0.1, 0.15) is 6.92 Å². The zero-order valence-electron chi connectivity index (χ0n) is 9.72. The van der Waals surface area contributed by atoms with E-state index in [1.54, 1.807) is 16.7 Å². The molecule has 0 spiro atoms. The molecular weight excluding hydrogens is 234 g/mol. The van der Waals surface area contributed by atoms with Gasteiger partial charge in [0.15, 0.2) is 5.17 Å². The number of nitrogens with one attached hydrogen (secondary N) is 1. The van der Waals surface area contributed by atoms with E-state index < -0.39 is 0 Å². The number of hydrogen-bond donors (Lipinski definition) is 1. The molecular formula is C12H15N3OS. The van der Waals surface area contributed by atoms with Gasteiger partial charge in [-0.25, -0.2) is 9.69 Å². The number of amides is 2. The van der Waals surface area contributed by atoms with Crippen molar-refractivity contribution in [1.82, 2.24) is 5.32 Å². The van der Waals surface area contributed by atoms with Gasteiger partial charge in [0, 0.05) is 12.3 Å². The molecule has 4 nitrogen and oxygen atoms in total. The van der Waals surface area contributed by atoms with Crippen molar-refractivity contribution >= 4 is 28.6 Å². The highest BCUT2D eigenvalue weighted by atomic mass is 32.2. The maximum absolute atomic E-state index is 12.1. The Labute approximate surface area is 105 Å². The Hall–Kier alpha value is -1.49. The highest BCUT2D eigenvalue weighted by Crippen LogP contribution is 2.22. The first kappa shape index (κ1) is 12.0. The van der Waals surface area contributed by atoms with Crippen LogP contribution >= 0.6 is 11.8 Å². The van der Waals surface area contributed by atoms with E-state index in [4.69, 9.17) is 0 Å². The summed E-state index contributed by atoms with van der Waals surface area (Å²) in [7, 11) is 0. The number of rotatable bonds is 2. The Bertz CT molecular complexity index is 419. The third-order valence-electron chi connectivity index (χ3n) is 2.31. The predicted molar refractivity (Wildman–Crippen MR) is 72.8 cm³/mol. The number of thioether (sulfide) groups is 1. The molecule has 1 N–H and O–H groups in total. The third-order valence-corrected chi connectivity index (χ3v) is 3.26. The molecule has 1 aliphatic rings. The number of aliphatic imine (C=N–C) groups is 1. The van der Waals surface area contributed by atoms with Crippen LogP contribution in [0.15, 0.2) is 35.3 Å². The van der Waals surface area contributed by atoms with Crippen molar-refractivity contribution in [2.24, 2.45) is 4.99 Å². The normalized spacial score (nSPS) is 14.3. The van der Waals surface area contributed by atoms with Gasteiger partial charge >= 0.3 is 6.03 Å². The maximum atomic E-state index is 12.1. The summed E-state index contributed by atoms with van der Waals surface area (Å²) in [6, 6.07) is 9.48. The van der Waals surface area contributed by atoms with E-state index >= 15 is 0 Å². The van der Waals surface area contributed by atoms with Crippen LogP contribution in [0.3, 0.4) is 0 Å². The van der Waals surface area contributed by atoms with Gasteiger partial charge in [-0.05, 0) is 19.1 Å². The quantitative estimate of drug-likeness (QED) is 0.874. The van der Waals surface area contributed by atoms with Crippen LogP contribution in [0, 0.1) is 0 Å². The lowest BCUT2D eigenvalue weighted by Gasteiger charge is -2.21. The summed E-state index contributed by atoms with van der Waals surface area (Å²) < 4.78 is 0.